The summed E-state index contributed by atoms with van der Waals surface area (Å²) in [5, 5.41) is 13.0. The number of unbranched alkanes of at least 4 members (excludes halogenated alkanes) is 15. The molecule has 29 heavy (non-hydrogen) atoms. The molecule has 0 radical (unpaired) electrons. The monoisotopic (exact) mass is 412 g/mol. The molecule has 0 aromatic rings. The van der Waals surface area contributed by atoms with Gasteiger partial charge in [-0.05, 0) is 6.42 Å². The molecule has 1 rings (SSSR count). The Bertz CT molecular complexity index is 382. The Morgan fingerprint density at radius 1 is 0.793 bits per heavy atom. The van der Waals surface area contributed by atoms with Crippen molar-refractivity contribution in [1.29, 1.82) is 0 Å². The molecular formula is C23H48N4O2. The molecule has 0 fully saturated rings. The predicted octanol–water partition coefficient (Wildman–Crippen LogP) is 5.01. The number of ether oxygens (including phenoxy) is 1. The highest BCUT2D eigenvalue weighted by Crippen LogP contribution is 2.13. The van der Waals surface area contributed by atoms with Gasteiger partial charge in [0.25, 0.3) is 0 Å². The van der Waals surface area contributed by atoms with Gasteiger partial charge in [0.15, 0.2) is 0 Å². The van der Waals surface area contributed by atoms with E-state index in [1.54, 1.807) is 17.4 Å². The van der Waals surface area contributed by atoms with E-state index in [0.717, 1.165) is 13.0 Å². The van der Waals surface area contributed by atoms with Gasteiger partial charge in [-0.25, -0.2) is 11.0 Å². The van der Waals surface area contributed by atoms with Crippen LogP contribution in [0.15, 0.2) is 12.4 Å². The zero-order chi connectivity index (χ0) is 21.0. The first-order valence-electron chi connectivity index (χ1n) is 12.2. The quantitative estimate of drug-likeness (QED) is 0.182. The summed E-state index contributed by atoms with van der Waals surface area (Å²) in [6.07, 6.45) is 25.0. The predicted molar refractivity (Wildman–Crippen MR) is 121 cm³/mol. The Balaban J connectivity index is 1.70. The number of nitrogens with zero attached hydrogens (tertiary/aromatic N) is 2. The molecule has 6 heteroatoms. The van der Waals surface area contributed by atoms with Gasteiger partial charge >= 0.3 is 0 Å². The topological polar surface area (TPSA) is 74.0 Å². The minimum Gasteiger partial charge on any atom is -0.389 e. The molecule has 0 aromatic heterocycles. The van der Waals surface area contributed by atoms with Crippen LogP contribution in [-0.2, 0) is 4.74 Å². The van der Waals surface area contributed by atoms with Gasteiger partial charge < -0.3 is 9.84 Å². The smallest absolute Gasteiger partial charge is 0.0964 e. The lowest BCUT2D eigenvalue weighted by Gasteiger charge is -2.21. The summed E-state index contributed by atoms with van der Waals surface area (Å²) in [5.74, 6) is 5.53. The van der Waals surface area contributed by atoms with Crippen LogP contribution in [0.3, 0.4) is 0 Å². The molecule has 0 aromatic carbocycles. The molecule has 4 N–H and O–H groups in total. The zero-order valence-electron chi connectivity index (χ0n) is 19.0. The van der Waals surface area contributed by atoms with Gasteiger partial charge in [0, 0.05) is 12.8 Å². The molecule has 1 unspecified atom stereocenters. The van der Waals surface area contributed by atoms with Crippen molar-refractivity contribution in [2.45, 2.75) is 116 Å². The maximum Gasteiger partial charge on any atom is 0.0964 e. The van der Waals surface area contributed by atoms with E-state index in [0.29, 0.717) is 13.2 Å². The summed E-state index contributed by atoms with van der Waals surface area (Å²) in [5.41, 5.74) is 2.86. The van der Waals surface area contributed by atoms with Gasteiger partial charge in [0.1, 0.15) is 0 Å². The van der Waals surface area contributed by atoms with Crippen LogP contribution in [0.4, 0.5) is 0 Å². The zero-order valence-corrected chi connectivity index (χ0v) is 19.0. The summed E-state index contributed by atoms with van der Waals surface area (Å²) in [7, 11) is 0. The van der Waals surface area contributed by atoms with E-state index in [4.69, 9.17) is 10.6 Å². The Kier molecular flexibility index (Phi) is 17.3. The average molecular weight is 413 g/mol. The SMILES string of the molecule is CCCCCCCCCCCCCCCCCCOCC(O)CN1C=CN(N)N1. The van der Waals surface area contributed by atoms with Gasteiger partial charge in [-0.1, -0.05) is 103 Å². The fourth-order valence-electron chi connectivity index (χ4n) is 3.72. The van der Waals surface area contributed by atoms with Crippen molar-refractivity contribution in [2.75, 3.05) is 19.8 Å². The van der Waals surface area contributed by atoms with E-state index < -0.39 is 6.10 Å². The first kappa shape index (κ1) is 26.2. The van der Waals surface area contributed by atoms with E-state index in [1.807, 2.05) is 0 Å². The van der Waals surface area contributed by atoms with Gasteiger partial charge in [-0.2, -0.15) is 0 Å². The fraction of sp³-hybridized carbons (Fsp3) is 0.913. The Morgan fingerprint density at radius 2 is 1.28 bits per heavy atom. The first-order valence-corrected chi connectivity index (χ1v) is 12.2. The average Bonchev–Trinajstić information content (AvgIpc) is 3.11. The third-order valence-electron chi connectivity index (χ3n) is 5.51. The van der Waals surface area contributed by atoms with Gasteiger partial charge in [0.05, 0.1) is 25.5 Å². The number of nitrogens with one attached hydrogen (secondary N) is 1. The van der Waals surface area contributed by atoms with Crippen LogP contribution in [0.1, 0.15) is 110 Å². The number of hydrogen-bond donors (Lipinski definition) is 3. The van der Waals surface area contributed by atoms with Crippen LogP contribution in [0.2, 0.25) is 0 Å². The summed E-state index contributed by atoms with van der Waals surface area (Å²) >= 11 is 0. The molecule has 0 amide bonds. The number of hydrogen-bond acceptors (Lipinski definition) is 6. The number of nitrogens with two attached hydrogens (primary N) is 1. The molecule has 1 aliphatic rings. The number of aliphatic hydroxyl groups is 1. The third-order valence-corrected chi connectivity index (χ3v) is 5.51. The van der Waals surface area contributed by atoms with Crippen molar-refractivity contribution in [2.24, 2.45) is 5.84 Å². The maximum atomic E-state index is 9.93. The fourth-order valence-corrected chi connectivity index (χ4v) is 3.72. The molecule has 0 aliphatic carbocycles. The molecule has 172 valence electrons. The summed E-state index contributed by atoms with van der Waals surface area (Å²) in [4.78, 5) is 0. The van der Waals surface area contributed by atoms with E-state index in [2.05, 4.69) is 12.5 Å². The molecule has 0 saturated heterocycles. The van der Waals surface area contributed by atoms with Crippen molar-refractivity contribution in [3.8, 4) is 0 Å². The van der Waals surface area contributed by atoms with Crippen LogP contribution in [-0.4, -0.2) is 41.1 Å². The van der Waals surface area contributed by atoms with E-state index in [-0.39, 0.29) is 0 Å². The van der Waals surface area contributed by atoms with Gasteiger partial charge in [-0.15, -0.1) is 5.53 Å². The minimum atomic E-state index is -0.514. The number of rotatable bonds is 21. The van der Waals surface area contributed by atoms with E-state index in [1.165, 1.54) is 101 Å². The first-order chi connectivity index (χ1) is 14.2. The Labute approximate surface area is 179 Å². The second-order valence-electron chi connectivity index (χ2n) is 8.49. The van der Waals surface area contributed by atoms with Crippen molar-refractivity contribution in [3.05, 3.63) is 12.4 Å². The second-order valence-corrected chi connectivity index (χ2v) is 8.49. The lowest BCUT2D eigenvalue weighted by molar-refractivity contribution is 0.00567. The van der Waals surface area contributed by atoms with Crippen molar-refractivity contribution < 1.29 is 9.84 Å². The summed E-state index contributed by atoms with van der Waals surface area (Å²) in [6.45, 7) is 3.85. The maximum absolute atomic E-state index is 9.93. The highest BCUT2D eigenvalue weighted by Gasteiger charge is 2.13. The summed E-state index contributed by atoms with van der Waals surface area (Å²) < 4.78 is 5.58. The lowest BCUT2D eigenvalue weighted by atomic mass is 10.0. The highest BCUT2D eigenvalue weighted by molar-refractivity contribution is 4.84. The van der Waals surface area contributed by atoms with Gasteiger partial charge in [-0.3, -0.25) is 5.01 Å². The molecule has 1 aliphatic heterocycles. The van der Waals surface area contributed by atoms with Crippen LogP contribution in [0, 0.1) is 0 Å². The Morgan fingerprint density at radius 3 is 1.72 bits per heavy atom. The molecule has 0 bridgehead atoms. The third kappa shape index (κ3) is 16.6. The normalized spacial score (nSPS) is 14.9. The second kappa shape index (κ2) is 19.2. The Hall–Kier alpha value is -0.820. The number of aliphatic hydroxyl groups excluding tert-OH is 1. The van der Waals surface area contributed by atoms with Crippen LogP contribution >= 0.6 is 0 Å². The molecule has 6 nitrogen and oxygen atoms in total. The highest BCUT2D eigenvalue weighted by atomic mass is 16.5. The van der Waals surface area contributed by atoms with E-state index >= 15 is 0 Å². The van der Waals surface area contributed by atoms with Crippen molar-refractivity contribution in [3.63, 3.8) is 0 Å². The number of β-amino-alcohol motifs (C(OH)–C–C–N with tert-alkyl or cyclic N) is 1. The largest absolute Gasteiger partial charge is 0.389 e. The van der Waals surface area contributed by atoms with Crippen LogP contribution in [0.5, 0.6) is 0 Å². The van der Waals surface area contributed by atoms with Gasteiger partial charge in [0.2, 0.25) is 0 Å². The van der Waals surface area contributed by atoms with E-state index in [9.17, 15) is 5.11 Å². The molecule has 0 saturated carbocycles. The number of hydrazine groups is 3. The molecular weight excluding hydrogens is 364 g/mol. The molecule has 1 atom stereocenters. The van der Waals surface area contributed by atoms with Crippen LogP contribution in [0.25, 0.3) is 0 Å². The molecule has 0 spiro atoms. The summed E-state index contributed by atoms with van der Waals surface area (Å²) in [6, 6.07) is 0. The lowest BCUT2D eigenvalue weighted by Crippen LogP contribution is -2.46. The van der Waals surface area contributed by atoms with Crippen molar-refractivity contribution in [1.82, 2.24) is 15.7 Å². The molecule has 1 heterocycles. The standard InChI is InChI=1S/C23H48N4O2/c1-2-3-4-5-6-7-8-9-10-11-12-13-14-15-16-17-20-29-22-23(28)21-26-18-19-27(24)25-26/h18-19,23,25,28H,2-17,20-22,24H2,1H3. The minimum absolute atomic E-state index is 0.370. The van der Waals surface area contributed by atoms with Crippen LogP contribution < -0.4 is 11.4 Å². The van der Waals surface area contributed by atoms with Crippen molar-refractivity contribution >= 4 is 0 Å².